The van der Waals surface area contributed by atoms with Gasteiger partial charge >= 0.3 is 0 Å². The summed E-state index contributed by atoms with van der Waals surface area (Å²) in [5.41, 5.74) is 26.4. The maximum atomic E-state index is 6.26. The topological polar surface area (TPSA) is 52.0 Å². The number of nitrogen functional groups attached to an aromatic ring is 2. The molecule has 6 rings (SSSR count). The zero-order chi connectivity index (χ0) is 22.4. The van der Waals surface area contributed by atoms with E-state index in [0.717, 1.165) is 28.9 Å². The van der Waals surface area contributed by atoms with Crippen LogP contribution in [0, 0.1) is 0 Å². The van der Waals surface area contributed by atoms with Crippen LogP contribution in [0.3, 0.4) is 0 Å². The predicted molar refractivity (Wildman–Crippen MR) is 140 cm³/mol. The van der Waals surface area contributed by atoms with Crippen molar-refractivity contribution in [1.82, 2.24) is 0 Å². The highest BCUT2D eigenvalue weighted by molar-refractivity contribution is 6.02. The van der Waals surface area contributed by atoms with Gasteiger partial charge in [-0.3, -0.25) is 0 Å². The zero-order valence-corrected chi connectivity index (χ0v) is 18.3. The molecule has 158 valence electrons. The first-order valence-electron chi connectivity index (χ1n) is 11.2. The molecule has 1 aliphatic carbocycles. The monoisotopic (exact) mass is 424 g/mol. The molecule has 0 heterocycles. The SMILES string of the molecule is Nc1cccc(-c2cc3c(c(-c4ccccc4)c2-c2cccc(N)c2)Cc2ccccc2-3)c1. The molecule has 0 fully saturated rings. The molecule has 0 radical (unpaired) electrons. The largest absolute Gasteiger partial charge is 0.399 e. The Morgan fingerprint density at radius 3 is 1.85 bits per heavy atom. The van der Waals surface area contributed by atoms with E-state index in [-0.39, 0.29) is 0 Å². The zero-order valence-electron chi connectivity index (χ0n) is 18.3. The lowest BCUT2D eigenvalue weighted by Crippen LogP contribution is -1.98. The molecule has 1 aliphatic rings. The minimum atomic E-state index is 0.758. The van der Waals surface area contributed by atoms with Crippen LogP contribution in [0.15, 0.2) is 109 Å². The molecule has 0 unspecified atom stereocenters. The average Bonchev–Trinajstić information content (AvgIpc) is 3.22. The quantitative estimate of drug-likeness (QED) is 0.290. The van der Waals surface area contributed by atoms with Gasteiger partial charge in [0.25, 0.3) is 0 Å². The molecular formula is C31H24N2. The van der Waals surface area contributed by atoms with Crippen LogP contribution < -0.4 is 11.5 Å². The first kappa shape index (κ1) is 19.4. The van der Waals surface area contributed by atoms with Gasteiger partial charge in [0.1, 0.15) is 0 Å². The Bertz CT molecular complexity index is 1500. The summed E-state index contributed by atoms with van der Waals surface area (Å²) in [4.78, 5) is 0. The van der Waals surface area contributed by atoms with Gasteiger partial charge in [-0.25, -0.2) is 0 Å². The van der Waals surface area contributed by atoms with Crippen molar-refractivity contribution in [2.45, 2.75) is 6.42 Å². The number of hydrogen-bond donors (Lipinski definition) is 2. The summed E-state index contributed by atoms with van der Waals surface area (Å²) in [6.07, 6.45) is 0.919. The van der Waals surface area contributed by atoms with E-state index in [1.165, 1.54) is 44.5 Å². The molecule has 4 N–H and O–H groups in total. The normalized spacial score (nSPS) is 11.8. The number of nitrogens with two attached hydrogens (primary N) is 2. The maximum absolute atomic E-state index is 6.26. The van der Waals surface area contributed by atoms with Crippen molar-refractivity contribution in [3.63, 3.8) is 0 Å². The number of anilines is 2. The van der Waals surface area contributed by atoms with Crippen molar-refractivity contribution < 1.29 is 0 Å². The van der Waals surface area contributed by atoms with Crippen LogP contribution in [0.25, 0.3) is 44.5 Å². The Labute approximate surface area is 194 Å². The molecule has 2 nitrogen and oxygen atoms in total. The van der Waals surface area contributed by atoms with E-state index >= 15 is 0 Å². The third kappa shape index (κ3) is 3.28. The van der Waals surface area contributed by atoms with E-state index in [9.17, 15) is 0 Å². The summed E-state index contributed by atoms with van der Waals surface area (Å²) >= 11 is 0. The molecular weight excluding hydrogens is 400 g/mol. The molecule has 5 aromatic rings. The Morgan fingerprint density at radius 2 is 1.09 bits per heavy atom. The standard InChI is InChI=1S/C31H24N2/c32-24-13-6-11-21(16-24)27-19-28-26-15-5-4-10-22(26)18-29(28)30(20-8-2-1-3-9-20)31(27)23-12-7-14-25(33)17-23/h1-17,19H,18,32-33H2. The number of hydrogen-bond acceptors (Lipinski definition) is 2. The van der Waals surface area contributed by atoms with E-state index in [1.807, 2.05) is 24.3 Å². The van der Waals surface area contributed by atoms with E-state index in [1.54, 1.807) is 0 Å². The van der Waals surface area contributed by atoms with Crippen LogP contribution in [-0.2, 0) is 6.42 Å². The van der Waals surface area contributed by atoms with Gasteiger partial charge in [0.15, 0.2) is 0 Å². The van der Waals surface area contributed by atoms with Crippen LogP contribution in [0.4, 0.5) is 11.4 Å². The average molecular weight is 425 g/mol. The third-order valence-corrected chi connectivity index (χ3v) is 6.55. The molecule has 0 aliphatic heterocycles. The van der Waals surface area contributed by atoms with Gasteiger partial charge in [-0.1, -0.05) is 78.9 Å². The van der Waals surface area contributed by atoms with E-state index in [2.05, 4.69) is 84.9 Å². The lowest BCUT2D eigenvalue weighted by atomic mass is 9.82. The fourth-order valence-corrected chi connectivity index (χ4v) is 5.13. The fraction of sp³-hybridized carbons (Fsp3) is 0.0323. The number of fused-ring (bicyclic) bond motifs is 3. The van der Waals surface area contributed by atoms with E-state index in [4.69, 9.17) is 11.5 Å². The molecule has 0 saturated heterocycles. The van der Waals surface area contributed by atoms with Gasteiger partial charge in [-0.2, -0.15) is 0 Å². The van der Waals surface area contributed by atoms with Gasteiger partial charge in [0, 0.05) is 11.4 Å². The van der Waals surface area contributed by atoms with E-state index < -0.39 is 0 Å². The highest BCUT2D eigenvalue weighted by atomic mass is 14.5. The summed E-state index contributed by atoms with van der Waals surface area (Å²) in [5.74, 6) is 0. The molecule has 5 aromatic carbocycles. The summed E-state index contributed by atoms with van der Waals surface area (Å²) in [6.45, 7) is 0. The van der Waals surface area contributed by atoms with Gasteiger partial charge in [-0.05, 0) is 92.4 Å². The Morgan fingerprint density at radius 1 is 0.455 bits per heavy atom. The van der Waals surface area contributed by atoms with Crippen molar-refractivity contribution in [3.05, 3.63) is 120 Å². The summed E-state index contributed by atoms with van der Waals surface area (Å²) < 4.78 is 0. The van der Waals surface area contributed by atoms with Crippen LogP contribution in [0.2, 0.25) is 0 Å². The second-order valence-corrected chi connectivity index (χ2v) is 8.65. The number of benzene rings is 5. The second-order valence-electron chi connectivity index (χ2n) is 8.65. The van der Waals surface area contributed by atoms with Crippen LogP contribution >= 0.6 is 0 Å². The highest BCUT2D eigenvalue weighted by Gasteiger charge is 2.27. The van der Waals surface area contributed by atoms with Crippen LogP contribution in [0.5, 0.6) is 0 Å². The van der Waals surface area contributed by atoms with Crippen molar-refractivity contribution in [3.8, 4) is 44.5 Å². The van der Waals surface area contributed by atoms with Gasteiger partial charge in [0.2, 0.25) is 0 Å². The molecule has 0 saturated carbocycles. The molecule has 0 atom stereocenters. The minimum absolute atomic E-state index is 0.758. The Kier molecular flexibility index (Phi) is 4.51. The molecule has 33 heavy (non-hydrogen) atoms. The van der Waals surface area contributed by atoms with Crippen LogP contribution in [-0.4, -0.2) is 0 Å². The maximum Gasteiger partial charge on any atom is 0.0320 e. The highest BCUT2D eigenvalue weighted by Crippen LogP contribution is 2.50. The summed E-state index contributed by atoms with van der Waals surface area (Å²) in [5, 5.41) is 0. The molecule has 2 heteroatoms. The smallest absolute Gasteiger partial charge is 0.0320 e. The number of rotatable bonds is 3. The fourth-order valence-electron chi connectivity index (χ4n) is 5.13. The van der Waals surface area contributed by atoms with Gasteiger partial charge < -0.3 is 11.5 Å². The molecule has 0 spiro atoms. The molecule has 0 aromatic heterocycles. The van der Waals surface area contributed by atoms with Crippen LogP contribution in [0.1, 0.15) is 11.1 Å². The summed E-state index contributed by atoms with van der Waals surface area (Å²) in [7, 11) is 0. The van der Waals surface area contributed by atoms with Gasteiger partial charge in [-0.15, -0.1) is 0 Å². The first-order chi connectivity index (χ1) is 16.2. The lowest BCUT2D eigenvalue weighted by molar-refractivity contribution is 1.26. The molecule has 0 amide bonds. The predicted octanol–water partition coefficient (Wildman–Crippen LogP) is 7.42. The van der Waals surface area contributed by atoms with E-state index in [0.29, 0.717) is 0 Å². The Hall–Kier alpha value is -4.30. The second kappa shape index (κ2) is 7.68. The van der Waals surface area contributed by atoms with Crippen molar-refractivity contribution in [2.24, 2.45) is 0 Å². The summed E-state index contributed by atoms with van der Waals surface area (Å²) in [6, 6.07) is 38.2. The lowest BCUT2D eigenvalue weighted by Gasteiger charge is -2.21. The van der Waals surface area contributed by atoms with Crippen molar-refractivity contribution >= 4 is 11.4 Å². The van der Waals surface area contributed by atoms with Crippen molar-refractivity contribution in [2.75, 3.05) is 11.5 Å². The third-order valence-electron chi connectivity index (χ3n) is 6.55. The molecule has 0 bridgehead atoms. The first-order valence-corrected chi connectivity index (χ1v) is 11.2. The minimum Gasteiger partial charge on any atom is -0.399 e. The van der Waals surface area contributed by atoms with Crippen molar-refractivity contribution in [1.29, 1.82) is 0 Å². The Balaban J connectivity index is 1.78. The van der Waals surface area contributed by atoms with Gasteiger partial charge in [0.05, 0.1) is 0 Å².